The molecule has 0 unspecified atom stereocenters. The molecule has 10 heteroatoms. The molecule has 1 aromatic heterocycles. The lowest BCUT2D eigenvalue weighted by Crippen LogP contribution is -2.39. The van der Waals surface area contributed by atoms with E-state index in [1.165, 1.54) is 17.5 Å². The largest absolute Gasteiger partial charge is 0.497 e. The Morgan fingerprint density at radius 2 is 1.87 bits per heavy atom. The summed E-state index contributed by atoms with van der Waals surface area (Å²) in [7, 11) is -0.771. The highest BCUT2D eigenvalue weighted by atomic mass is 35.5. The fraction of sp³-hybridized carbons (Fsp3) is 0.333. The van der Waals surface area contributed by atoms with Crippen LogP contribution in [0.2, 0.25) is 5.02 Å². The van der Waals surface area contributed by atoms with Gasteiger partial charge in [0.15, 0.2) is 0 Å². The van der Waals surface area contributed by atoms with Gasteiger partial charge in [-0.05, 0) is 55.3 Å². The Labute approximate surface area is 185 Å². The molecule has 8 nitrogen and oxygen atoms in total. The molecule has 1 atom stereocenters. The van der Waals surface area contributed by atoms with Gasteiger partial charge in [0.2, 0.25) is 21.8 Å². The zero-order chi connectivity index (χ0) is 22.0. The number of ether oxygens (including phenoxy) is 2. The summed E-state index contributed by atoms with van der Waals surface area (Å²) >= 11 is 6.04. The van der Waals surface area contributed by atoms with E-state index in [1.54, 1.807) is 19.2 Å². The monoisotopic (exact) mass is 463 g/mol. The summed E-state index contributed by atoms with van der Waals surface area (Å²) in [5, 5.41) is 8.65. The fourth-order valence-corrected chi connectivity index (χ4v) is 5.55. The maximum absolute atomic E-state index is 13.3. The van der Waals surface area contributed by atoms with Crippen molar-refractivity contribution in [1.29, 1.82) is 0 Å². The van der Waals surface area contributed by atoms with Crippen molar-refractivity contribution < 1.29 is 22.3 Å². The average Bonchev–Trinajstić information content (AvgIpc) is 3.29. The first-order valence-electron chi connectivity index (χ1n) is 9.74. The zero-order valence-electron chi connectivity index (χ0n) is 17.1. The van der Waals surface area contributed by atoms with Gasteiger partial charge in [-0.1, -0.05) is 11.6 Å². The lowest BCUT2D eigenvalue weighted by atomic mass is 10.00. The van der Waals surface area contributed by atoms with Crippen molar-refractivity contribution in [3.63, 3.8) is 0 Å². The van der Waals surface area contributed by atoms with E-state index >= 15 is 0 Å². The normalized spacial score (nSPS) is 17.5. The summed E-state index contributed by atoms with van der Waals surface area (Å²) in [6, 6.07) is 11.8. The van der Waals surface area contributed by atoms with Gasteiger partial charge in [0, 0.05) is 23.7 Å². The second-order valence-corrected chi connectivity index (χ2v) is 9.51. The van der Waals surface area contributed by atoms with Crippen LogP contribution in [0.3, 0.4) is 0 Å². The Balaban J connectivity index is 1.56. The second kappa shape index (κ2) is 8.86. The van der Waals surface area contributed by atoms with Crippen molar-refractivity contribution in [2.24, 2.45) is 0 Å². The lowest BCUT2D eigenvalue weighted by molar-refractivity contribution is 0.285. The van der Waals surface area contributed by atoms with E-state index in [2.05, 4.69) is 10.2 Å². The summed E-state index contributed by atoms with van der Waals surface area (Å²) in [5.41, 5.74) is 0.767. The van der Waals surface area contributed by atoms with E-state index in [-0.39, 0.29) is 23.1 Å². The fourth-order valence-electron chi connectivity index (χ4n) is 3.60. The van der Waals surface area contributed by atoms with E-state index < -0.39 is 10.0 Å². The molecule has 0 aliphatic carbocycles. The van der Waals surface area contributed by atoms with Crippen molar-refractivity contribution in [2.45, 2.75) is 23.7 Å². The molecule has 1 aliphatic heterocycles. The number of hydrogen-bond acceptors (Lipinski definition) is 7. The Morgan fingerprint density at radius 3 is 2.58 bits per heavy atom. The molecule has 0 spiro atoms. The van der Waals surface area contributed by atoms with E-state index in [0.717, 1.165) is 17.7 Å². The van der Waals surface area contributed by atoms with Crippen LogP contribution in [0.15, 0.2) is 51.8 Å². The molecule has 1 saturated heterocycles. The van der Waals surface area contributed by atoms with Crippen LogP contribution in [-0.2, 0) is 10.0 Å². The topological polar surface area (TPSA) is 94.8 Å². The molecule has 0 N–H and O–H groups in total. The van der Waals surface area contributed by atoms with Crippen molar-refractivity contribution in [2.75, 3.05) is 27.3 Å². The van der Waals surface area contributed by atoms with E-state index in [9.17, 15) is 8.42 Å². The highest BCUT2D eigenvalue weighted by Gasteiger charge is 2.35. The number of nitrogens with zero attached hydrogens (tertiary/aromatic N) is 3. The maximum Gasteiger partial charge on any atom is 0.247 e. The van der Waals surface area contributed by atoms with Crippen LogP contribution in [0.25, 0.3) is 11.5 Å². The quantitative estimate of drug-likeness (QED) is 0.545. The van der Waals surface area contributed by atoms with Gasteiger partial charge in [0.25, 0.3) is 0 Å². The number of aromatic nitrogens is 2. The number of piperidine rings is 1. The van der Waals surface area contributed by atoms with Gasteiger partial charge in [-0.2, -0.15) is 4.31 Å². The van der Waals surface area contributed by atoms with Crippen molar-refractivity contribution in [1.82, 2.24) is 14.5 Å². The first kappa shape index (κ1) is 21.6. The summed E-state index contributed by atoms with van der Waals surface area (Å²) in [4.78, 5) is 0.0487. The third-order valence-electron chi connectivity index (χ3n) is 5.25. The second-order valence-electron chi connectivity index (χ2n) is 7.17. The van der Waals surface area contributed by atoms with Crippen LogP contribution in [0.4, 0.5) is 0 Å². The third kappa shape index (κ3) is 4.39. The van der Waals surface area contributed by atoms with Crippen LogP contribution in [0.5, 0.6) is 11.5 Å². The molecule has 31 heavy (non-hydrogen) atoms. The Bertz CT molecular complexity index is 1160. The summed E-state index contributed by atoms with van der Waals surface area (Å²) in [6.07, 6.45) is 1.43. The van der Waals surface area contributed by atoms with Crippen LogP contribution in [0, 0.1) is 0 Å². The minimum Gasteiger partial charge on any atom is -0.497 e. The minimum atomic E-state index is -3.80. The maximum atomic E-state index is 13.3. The van der Waals surface area contributed by atoms with Gasteiger partial charge in [0.05, 0.1) is 20.1 Å². The summed E-state index contributed by atoms with van der Waals surface area (Å²) in [5.74, 6) is 1.59. The molecule has 2 heterocycles. The molecule has 1 aliphatic rings. The molecule has 0 bridgehead atoms. The molecule has 4 rings (SSSR count). The molecule has 2 aromatic carbocycles. The molecule has 0 radical (unpaired) electrons. The third-order valence-corrected chi connectivity index (χ3v) is 7.38. The highest BCUT2D eigenvalue weighted by molar-refractivity contribution is 7.89. The molecule has 0 saturated carbocycles. The first-order chi connectivity index (χ1) is 14.9. The summed E-state index contributed by atoms with van der Waals surface area (Å²) in [6.45, 7) is 0.635. The SMILES string of the molecule is COc1ccc(-c2nnc([C@H]3CCCN(S(=O)(=O)c4cc(Cl)ccc4OC)C3)o2)cc1. The molecule has 0 amide bonds. The van der Waals surface area contributed by atoms with Gasteiger partial charge in [-0.3, -0.25) is 0 Å². The lowest BCUT2D eigenvalue weighted by Gasteiger charge is -2.30. The number of methoxy groups -OCH3 is 2. The predicted molar refractivity (Wildman–Crippen MR) is 115 cm³/mol. The molecule has 164 valence electrons. The van der Waals surface area contributed by atoms with Crippen molar-refractivity contribution >= 4 is 21.6 Å². The Kier molecular flexibility index (Phi) is 6.17. The zero-order valence-corrected chi connectivity index (χ0v) is 18.7. The number of benzene rings is 2. The molecular formula is C21H22ClN3O5S. The molecule has 3 aromatic rings. The van der Waals surface area contributed by atoms with Crippen molar-refractivity contribution in [3.05, 3.63) is 53.4 Å². The Hall–Kier alpha value is -2.62. The molecule has 1 fully saturated rings. The van der Waals surface area contributed by atoms with Gasteiger partial charge >= 0.3 is 0 Å². The van der Waals surface area contributed by atoms with Crippen LogP contribution in [0.1, 0.15) is 24.7 Å². The first-order valence-corrected chi connectivity index (χ1v) is 11.6. The number of halogens is 1. The van der Waals surface area contributed by atoms with Crippen molar-refractivity contribution in [3.8, 4) is 23.0 Å². The van der Waals surface area contributed by atoms with Gasteiger partial charge in [-0.15, -0.1) is 10.2 Å². The Morgan fingerprint density at radius 1 is 1.10 bits per heavy atom. The van der Waals surface area contributed by atoms with Gasteiger partial charge in [-0.25, -0.2) is 8.42 Å². The number of rotatable bonds is 6. The number of hydrogen-bond donors (Lipinski definition) is 0. The smallest absolute Gasteiger partial charge is 0.247 e. The standard InChI is InChI=1S/C21H22ClN3O5S/c1-28-17-8-5-14(6-9-17)20-23-24-21(30-20)15-4-3-11-25(13-15)31(26,27)19-12-16(22)7-10-18(19)29-2/h5-10,12,15H,3-4,11,13H2,1-2H3/t15-/m0/s1. The minimum absolute atomic E-state index is 0.0487. The van der Waals surface area contributed by atoms with E-state index in [4.69, 9.17) is 25.5 Å². The van der Waals surface area contributed by atoms with E-state index in [0.29, 0.717) is 29.8 Å². The van der Waals surface area contributed by atoms with Gasteiger partial charge in [0.1, 0.15) is 16.4 Å². The molecular weight excluding hydrogens is 442 g/mol. The number of sulfonamides is 1. The average molecular weight is 464 g/mol. The van der Waals surface area contributed by atoms with E-state index in [1.807, 2.05) is 24.3 Å². The van der Waals surface area contributed by atoms with Gasteiger partial charge < -0.3 is 13.9 Å². The van der Waals surface area contributed by atoms with Crippen LogP contribution < -0.4 is 9.47 Å². The van der Waals surface area contributed by atoms with Crippen LogP contribution in [-0.4, -0.2) is 50.2 Å². The van der Waals surface area contributed by atoms with Crippen LogP contribution >= 0.6 is 11.6 Å². The summed E-state index contributed by atoms with van der Waals surface area (Å²) < 4.78 is 44.3. The highest BCUT2D eigenvalue weighted by Crippen LogP contribution is 2.35. The predicted octanol–water partition coefficient (Wildman–Crippen LogP) is 3.98.